The van der Waals surface area contributed by atoms with E-state index in [-0.39, 0.29) is 16.4 Å². The summed E-state index contributed by atoms with van der Waals surface area (Å²) in [6.45, 7) is 1.07. The summed E-state index contributed by atoms with van der Waals surface area (Å²) >= 11 is 0. The van der Waals surface area contributed by atoms with Crippen LogP contribution in [0.25, 0.3) is 0 Å². The number of ether oxygens (including phenoxy) is 2. The molecule has 3 aromatic rings. The lowest BCUT2D eigenvalue weighted by Gasteiger charge is -2.09. The number of aromatic amines is 2. The first-order valence-corrected chi connectivity index (χ1v) is 8.25. The zero-order valence-electron chi connectivity index (χ0n) is 17.0. The van der Waals surface area contributed by atoms with Gasteiger partial charge in [0, 0.05) is 41.5 Å². The summed E-state index contributed by atoms with van der Waals surface area (Å²) in [5, 5.41) is 29.5. The molecule has 15 heteroatoms. The monoisotopic (exact) mass is 472 g/mol. The van der Waals surface area contributed by atoms with Crippen molar-refractivity contribution in [3.05, 3.63) is 115 Å². The highest BCUT2D eigenvalue weighted by Gasteiger charge is 2.01. The van der Waals surface area contributed by atoms with Crippen LogP contribution in [0.15, 0.2) is 73.3 Å². The molecule has 15 nitrogen and oxygen atoms in total. The van der Waals surface area contributed by atoms with Crippen molar-refractivity contribution in [1.82, 2.24) is 0 Å². The number of aromatic nitrogens is 2. The third-order valence-corrected chi connectivity index (χ3v) is 3.19. The van der Waals surface area contributed by atoms with Gasteiger partial charge in [0.05, 0.1) is 10.2 Å². The van der Waals surface area contributed by atoms with Crippen LogP contribution in [0.3, 0.4) is 0 Å². The third kappa shape index (κ3) is 17.9. The molecule has 0 fully saturated rings. The van der Waals surface area contributed by atoms with E-state index in [9.17, 15) is 0 Å². The van der Waals surface area contributed by atoms with Gasteiger partial charge >= 0.3 is 0 Å². The van der Waals surface area contributed by atoms with Gasteiger partial charge in [0.2, 0.25) is 0 Å². The molecule has 33 heavy (non-hydrogen) atoms. The minimum Gasteiger partial charge on any atom is -0.489 e. The van der Waals surface area contributed by atoms with E-state index in [0.29, 0.717) is 13.2 Å². The summed E-state index contributed by atoms with van der Waals surface area (Å²) < 4.78 is 11.6. The van der Waals surface area contributed by atoms with Gasteiger partial charge in [0.25, 0.3) is 0 Å². The highest BCUT2D eigenvalue weighted by molar-refractivity contribution is 5.33. The Balaban J connectivity index is -0.000000717. The summed E-state index contributed by atoms with van der Waals surface area (Å²) in [5.74, 6) is 1.60. The zero-order valence-corrected chi connectivity index (χ0v) is 17.0. The van der Waals surface area contributed by atoms with Crippen LogP contribution >= 0.6 is 0 Å². The maximum absolute atomic E-state index is 8.25. The molecule has 2 heterocycles. The van der Waals surface area contributed by atoms with Crippen molar-refractivity contribution in [2.45, 2.75) is 13.2 Å². The maximum Gasteiger partial charge on any atom is 0.167 e. The highest BCUT2D eigenvalue weighted by atomic mass is 16.9. The first-order valence-electron chi connectivity index (χ1n) is 8.25. The van der Waals surface area contributed by atoms with E-state index in [0.717, 1.165) is 22.6 Å². The first kappa shape index (κ1) is 33.0. The summed E-state index contributed by atoms with van der Waals surface area (Å²) in [5.41, 5.74) is 2.23. The van der Waals surface area contributed by atoms with Crippen molar-refractivity contribution < 1.29 is 46.0 Å². The van der Waals surface area contributed by atoms with Gasteiger partial charge in [0.15, 0.2) is 24.8 Å². The summed E-state index contributed by atoms with van der Waals surface area (Å²) in [6.07, 6.45) is 7.54. The molecular formula is C18H24N4O11. The Bertz CT molecular complexity index is 823. The van der Waals surface area contributed by atoms with E-state index in [2.05, 4.69) is 9.97 Å². The molecule has 0 saturated heterocycles. The van der Waals surface area contributed by atoms with Crippen LogP contribution in [0.2, 0.25) is 0 Å². The van der Waals surface area contributed by atoms with Crippen LogP contribution in [0.4, 0.5) is 0 Å². The predicted octanol–water partition coefficient (Wildman–Crippen LogP) is -0.479. The average molecular weight is 472 g/mol. The Labute approximate surface area is 186 Å². The Morgan fingerprint density at radius 2 is 0.939 bits per heavy atom. The van der Waals surface area contributed by atoms with E-state index in [1.54, 1.807) is 0 Å². The Hall–Kier alpha value is -4.60. The number of H-pyrrole nitrogens is 2. The van der Waals surface area contributed by atoms with Crippen molar-refractivity contribution in [2.75, 3.05) is 0 Å². The lowest BCUT2D eigenvalue weighted by atomic mass is 10.3. The topological polar surface area (TPSA) is 274 Å². The second kappa shape index (κ2) is 19.4. The minimum absolute atomic E-state index is 0. The normalized spacial score (nSPS) is 8.24. The van der Waals surface area contributed by atoms with Gasteiger partial charge in [-0.3, -0.25) is 0 Å². The largest absolute Gasteiger partial charge is 0.489 e. The number of hydrogen-bond acceptors (Lipinski definition) is 8. The molecular weight excluding hydrogens is 448 g/mol. The molecule has 0 saturated carbocycles. The van der Waals surface area contributed by atoms with Crippen LogP contribution in [0.5, 0.6) is 11.5 Å². The van der Waals surface area contributed by atoms with Gasteiger partial charge in [-0.25, -0.2) is 9.97 Å². The Morgan fingerprint density at radius 1 is 0.636 bits per heavy atom. The molecule has 0 bridgehead atoms. The molecule has 0 atom stereocenters. The van der Waals surface area contributed by atoms with Crippen LogP contribution in [0, 0.1) is 30.6 Å². The number of nitrogens with one attached hydrogen (secondary N) is 2. The SMILES string of the molecule is O.O.O.O=[N+]([O-])[O-].O=[N+]([O-])[O-].c1cc(OCc2cc[nH+]cc2)cc(OCc2cc[nH+]cc2)c1. The Kier molecular flexibility index (Phi) is 19.4. The van der Waals surface area contributed by atoms with Crippen LogP contribution in [0.1, 0.15) is 11.1 Å². The second-order valence-corrected chi connectivity index (χ2v) is 5.32. The lowest BCUT2D eigenvalue weighted by molar-refractivity contribution is -0.403. The molecule has 0 radical (unpaired) electrons. The van der Waals surface area contributed by atoms with Gasteiger partial charge in [-0.15, -0.1) is 0 Å². The number of rotatable bonds is 6. The van der Waals surface area contributed by atoms with Crippen molar-refractivity contribution in [3.8, 4) is 11.5 Å². The Morgan fingerprint density at radius 3 is 1.24 bits per heavy atom. The molecule has 3 rings (SSSR count). The van der Waals surface area contributed by atoms with Crippen LogP contribution < -0.4 is 19.4 Å². The van der Waals surface area contributed by atoms with E-state index in [4.69, 9.17) is 40.1 Å². The minimum atomic E-state index is -1.75. The molecule has 182 valence electrons. The molecule has 1 aromatic carbocycles. The van der Waals surface area contributed by atoms with E-state index in [1.165, 1.54) is 0 Å². The predicted molar refractivity (Wildman–Crippen MR) is 113 cm³/mol. The number of nitrogens with zero attached hydrogens (tertiary/aromatic N) is 2. The molecule has 0 unspecified atom stereocenters. The fourth-order valence-electron chi connectivity index (χ4n) is 2.02. The first-order chi connectivity index (χ1) is 14.4. The lowest BCUT2D eigenvalue weighted by Crippen LogP contribution is -2.02. The highest BCUT2D eigenvalue weighted by Crippen LogP contribution is 2.21. The fraction of sp³-hybridized carbons (Fsp3) is 0.111. The van der Waals surface area contributed by atoms with Crippen molar-refractivity contribution in [1.29, 1.82) is 0 Å². The third-order valence-electron chi connectivity index (χ3n) is 3.19. The molecule has 0 amide bonds. The van der Waals surface area contributed by atoms with Crippen molar-refractivity contribution >= 4 is 0 Å². The van der Waals surface area contributed by atoms with Gasteiger partial charge in [0.1, 0.15) is 24.7 Å². The summed E-state index contributed by atoms with van der Waals surface area (Å²) in [6, 6.07) is 15.7. The number of pyridine rings is 2. The van der Waals surface area contributed by atoms with Gasteiger partial charge in [-0.05, 0) is 12.1 Å². The molecule has 2 aromatic heterocycles. The van der Waals surface area contributed by atoms with Crippen LogP contribution in [-0.2, 0) is 13.2 Å². The summed E-state index contributed by atoms with van der Waals surface area (Å²) in [7, 11) is 0. The zero-order chi connectivity index (χ0) is 22.2. The van der Waals surface area contributed by atoms with Gasteiger partial charge in [-0.2, -0.15) is 0 Å². The van der Waals surface area contributed by atoms with E-state index >= 15 is 0 Å². The molecule has 0 aliphatic heterocycles. The molecule has 0 aliphatic rings. The number of benzene rings is 1. The van der Waals surface area contributed by atoms with Crippen LogP contribution in [-0.4, -0.2) is 26.6 Å². The van der Waals surface area contributed by atoms with Crippen molar-refractivity contribution in [2.24, 2.45) is 0 Å². The van der Waals surface area contributed by atoms with E-state index in [1.807, 2.05) is 73.3 Å². The van der Waals surface area contributed by atoms with Crippen molar-refractivity contribution in [3.63, 3.8) is 0 Å². The molecule has 0 spiro atoms. The van der Waals surface area contributed by atoms with Gasteiger partial charge in [-0.1, -0.05) is 6.07 Å². The number of hydrogen-bond donors (Lipinski definition) is 0. The maximum atomic E-state index is 8.25. The quantitative estimate of drug-likeness (QED) is 0.332. The molecule has 0 aliphatic carbocycles. The smallest absolute Gasteiger partial charge is 0.167 e. The van der Waals surface area contributed by atoms with E-state index < -0.39 is 10.2 Å². The second-order valence-electron chi connectivity index (χ2n) is 5.32. The summed E-state index contributed by atoms with van der Waals surface area (Å²) in [4.78, 5) is 22.5. The van der Waals surface area contributed by atoms with Gasteiger partial charge < -0.3 is 56.5 Å². The average Bonchev–Trinajstić information content (AvgIpc) is 2.72. The fourth-order valence-corrected chi connectivity index (χ4v) is 2.02. The molecule has 8 N–H and O–H groups in total. The standard InChI is InChI=1S/C18H16N2O2.2NO3.3H2O/c1-2-17(21-13-15-4-8-19-9-5-15)12-18(3-1)22-14-16-6-10-20-11-7-16;2*2-1(3)4;;;/h1-12H,13-14H2;;;3*1H2/q;2*-1;;;/p+2.